The largest absolute Gasteiger partial charge is 0.352 e. The monoisotopic (exact) mass is 293 g/mol. The number of rotatable bonds is 8. The Hall–Kier alpha value is -1.95. The summed E-state index contributed by atoms with van der Waals surface area (Å²) in [5, 5.41) is 13.6. The standard InChI is InChI=1S/C15H23N3O3/c1-11(6-5-7-12(2)16)15(19)17-10-13-8-3-4-9-14(13)18(20)21/h3-4,8-9,11-12H,5-7,10,16H2,1-2H3,(H,17,19). The highest BCUT2D eigenvalue weighted by Gasteiger charge is 2.16. The molecule has 0 saturated heterocycles. The van der Waals surface area contributed by atoms with Crippen LogP contribution in [0.2, 0.25) is 0 Å². The van der Waals surface area contributed by atoms with Gasteiger partial charge < -0.3 is 11.1 Å². The second-order valence-electron chi connectivity index (χ2n) is 5.41. The zero-order valence-corrected chi connectivity index (χ0v) is 12.5. The first kappa shape index (κ1) is 17.1. The molecular weight excluding hydrogens is 270 g/mol. The van der Waals surface area contributed by atoms with E-state index in [9.17, 15) is 14.9 Å². The maximum absolute atomic E-state index is 12.0. The fraction of sp³-hybridized carbons (Fsp3) is 0.533. The van der Waals surface area contributed by atoms with Crippen molar-refractivity contribution in [3.8, 4) is 0 Å². The molecule has 0 fully saturated rings. The molecule has 0 aromatic heterocycles. The van der Waals surface area contributed by atoms with E-state index in [0.29, 0.717) is 5.56 Å². The highest BCUT2D eigenvalue weighted by Crippen LogP contribution is 2.17. The van der Waals surface area contributed by atoms with Crippen molar-refractivity contribution in [1.29, 1.82) is 0 Å². The van der Waals surface area contributed by atoms with Gasteiger partial charge in [0.05, 0.1) is 4.92 Å². The van der Waals surface area contributed by atoms with E-state index in [-0.39, 0.29) is 30.1 Å². The number of hydrogen-bond acceptors (Lipinski definition) is 4. The Bertz CT molecular complexity index is 489. The summed E-state index contributed by atoms with van der Waals surface area (Å²) < 4.78 is 0. The zero-order valence-electron chi connectivity index (χ0n) is 12.5. The molecule has 6 nitrogen and oxygen atoms in total. The van der Waals surface area contributed by atoms with Crippen molar-refractivity contribution in [2.24, 2.45) is 11.7 Å². The van der Waals surface area contributed by atoms with Gasteiger partial charge in [0.1, 0.15) is 0 Å². The summed E-state index contributed by atoms with van der Waals surface area (Å²) in [5.41, 5.74) is 6.21. The molecule has 2 unspecified atom stereocenters. The van der Waals surface area contributed by atoms with Gasteiger partial charge in [-0.05, 0) is 19.8 Å². The van der Waals surface area contributed by atoms with Gasteiger partial charge in [0.25, 0.3) is 5.69 Å². The van der Waals surface area contributed by atoms with Crippen molar-refractivity contribution in [1.82, 2.24) is 5.32 Å². The van der Waals surface area contributed by atoms with E-state index in [4.69, 9.17) is 5.73 Å². The van der Waals surface area contributed by atoms with Crippen LogP contribution in [0.1, 0.15) is 38.7 Å². The van der Waals surface area contributed by atoms with Crippen LogP contribution in [0.4, 0.5) is 5.69 Å². The van der Waals surface area contributed by atoms with Gasteiger partial charge >= 0.3 is 0 Å². The van der Waals surface area contributed by atoms with Crippen molar-refractivity contribution in [2.45, 2.75) is 45.7 Å². The van der Waals surface area contributed by atoms with Gasteiger partial charge in [0.2, 0.25) is 5.91 Å². The summed E-state index contributed by atoms with van der Waals surface area (Å²) in [5.74, 6) is -0.204. The Morgan fingerprint density at radius 3 is 2.62 bits per heavy atom. The highest BCUT2D eigenvalue weighted by atomic mass is 16.6. The van der Waals surface area contributed by atoms with Crippen LogP contribution in [0.5, 0.6) is 0 Å². The number of benzene rings is 1. The fourth-order valence-electron chi connectivity index (χ4n) is 2.07. The van der Waals surface area contributed by atoms with Gasteiger partial charge in [-0.25, -0.2) is 0 Å². The second-order valence-corrected chi connectivity index (χ2v) is 5.41. The number of nitrogens with two attached hydrogens (primary N) is 1. The highest BCUT2D eigenvalue weighted by molar-refractivity contribution is 5.78. The van der Waals surface area contributed by atoms with Gasteiger partial charge in [0.15, 0.2) is 0 Å². The van der Waals surface area contributed by atoms with Crippen LogP contribution in [-0.2, 0) is 11.3 Å². The molecular formula is C15H23N3O3. The number of nitro benzene ring substituents is 1. The first-order valence-corrected chi connectivity index (χ1v) is 7.17. The molecule has 0 heterocycles. The van der Waals surface area contributed by atoms with E-state index < -0.39 is 4.92 Å². The number of para-hydroxylation sites is 1. The second kappa shape index (κ2) is 8.36. The maximum atomic E-state index is 12.0. The molecule has 116 valence electrons. The summed E-state index contributed by atoms with van der Waals surface area (Å²) >= 11 is 0. The predicted molar refractivity (Wildman–Crippen MR) is 81.6 cm³/mol. The third-order valence-corrected chi connectivity index (χ3v) is 3.39. The van der Waals surface area contributed by atoms with Gasteiger partial charge in [0, 0.05) is 30.1 Å². The Balaban J connectivity index is 2.47. The summed E-state index contributed by atoms with van der Waals surface area (Å²) in [6.45, 7) is 3.98. The van der Waals surface area contributed by atoms with Crippen molar-refractivity contribution in [3.63, 3.8) is 0 Å². The number of nitrogens with one attached hydrogen (secondary N) is 1. The Kier molecular flexibility index (Phi) is 6.81. The summed E-state index contributed by atoms with van der Waals surface area (Å²) in [4.78, 5) is 22.4. The van der Waals surface area contributed by atoms with Crippen LogP contribution < -0.4 is 11.1 Å². The first-order valence-electron chi connectivity index (χ1n) is 7.17. The van der Waals surface area contributed by atoms with Crippen molar-refractivity contribution < 1.29 is 9.72 Å². The van der Waals surface area contributed by atoms with Crippen molar-refractivity contribution in [3.05, 3.63) is 39.9 Å². The summed E-state index contributed by atoms with van der Waals surface area (Å²) in [6.07, 6.45) is 2.56. The smallest absolute Gasteiger partial charge is 0.274 e. The van der Waals surface area contributed by atoms with Crippen LogP contribution >= 0.6 is 0 Å². The molecule has 0 aliphatic heterocycles. The van der Waals surface area contributed by atoms with E-state index in [1.807, 2.05) is 13.8 Å². The Labute approximate surface area is 124 Å². The molecule has 0 aliphatic carbocycles. The Morgan fingerprint density at radius 1 is 1.33 bits per heavy atom. The average molecular weight is 293 g/mol. The molecule has 2 atom stereocenters. The molecule has 1 amide bonds. The summed E-state index contributed by atoms with van der Waals surface area (Å²) in [7, 11) is 0. The van der Waals surface area contributed by atoms with Crippen molar-refractivity contribution >= 4 is 11.6 Å². The molecule has 0 radical (unpaired) electrons. The minimum absolute atomic E-state index is 0.0300. The fourth-order valence-corrected chi connectivity index (χ4v) is 2.07. The van der Waals surface area contributed by atoms with E-state index in [0.717, 1.165) is 19.3 Å². The topological polar surface area (TPSA) is 98.3 Å². The zero-order chi connectivity index (χ0) is 15.8. The quantitative estimate of drug-likeness (QED) is 0.568. The molecule has 0 bridgehead atoms. The lowest BCUT2D eigenvalue weighted by molar-refractivity contribution is -0.385. The van der Waals surface area contributed by atoms with E-state index in [1.165, 1.54) is 6.07 Å². The number of nitro groups is 1. The molecule has 1 rings (SSSR count). The van der Waals surface area contributed by atoms with Crippen LogP contribution in [0, 0.1) is 16.0 Å². The molecule has 0 aliphatic rings. The average Bonchev–Trinajstić information content (AvgIpc) is 2.44. The lowest BCUT2D eigenvalue weighted by Crippen LogP contribution is -2.29. The molecule has 1 aromatic carbocycles. The predicted octanol–water partition coefficient (Wildman–Crippen LogP) is 2.36. The van der Waals surface area contributed by atoms with Crippen LogP contribution in [0.3, 0.4) is 0 Å². The van der Waals surface area contributed by atoms with Gasteiger partial charge in [-0.15, -0.1) is 0 Å². The van der Waals surface area contributed by atoms with E-state index in [1.54, 1.807) is 18.2 Å². The van der Waals surface area contributed by atoms with Crippen molar-refractivity contribution in [2.75, 3.05) is 0 Å². The molecule has 6 heteroatoms. The van der Waals surface area contributed by atoms with Crippen LogP contribution in [-0.4, -0.2) is 16.9 Å². The van der Waals surface area contributed by atoms with E-state index >= 15 is 0 Å². The van der Waals surface area contributed by atoms with Gasteiger partial charge in [-0.2, -0.15) is 0 Å². The minimum atomic E-state index is -0.437. The minimum Gasteiger partial charge on any atom is -0.352 e. The summed E-state index contributed by atoms with van der Waals surface area (Å²) in [6, 6.07) is 6.57. The number of carbonyl (C=O) groups excluding carboxylic acids is 1. The number of hydrogen-bond donors (Lipinski definition) is 2. The van der Waals surface area contributed by atoms with Crippen LogP contribution in [0.15, 0.2) is 24.3 Å². The van der Waals surface area contributed by atoms with Gasteiger partial charge in [-0.1, -0.05) is 31.5 Å². The number of amides is 1. The normalized spacial score (nSPS) is 13.5. The SMILES string of the molecule is CC(N)CCCC(C)C(=O)NCc1ccccc1[N+](=O)[O-]. The number of nitrogens with zero attached hydrogens (tertiary/aromatic N) is 1. The molecule has 3 N–H and O–H groups in total. The van der Waals surface area contributed by atoms with Crippen LogP contribution in [0.25, 0.3) is 0 Å². The molecule has 0 saturated carbocycles. The molecule has 0 spiro atoms. The van der Waals surface area contributed by atoms with E-state index in [2.05, 4.69) is 5.32 Å². The Morgan fingerprint density at radius 2 is 2.00 bits per heavy atom. The lowest BCUT2D eigenvalue weighted by atomic mass is 10.0. The lowest BCUT2D eigenvalue weighted by Gasteiger charge is -2.13. The molecule has 1 aromatic rings. The third-order valence-electron chi connectivity index (χ3n) is 3.39. The van der Waals surface area contributed by atoms with Gasteiger partial charge in [-0.3, -0.25) is 14.9 Å². The maximum Gasteiger partial charge on any atom is 0.274 e. The first-order chi connectivity index (χ1) is 9.91. The molecule has 21 heavy (non-hydrogen) atoms. The third kappa shape index (κ3) is 5.91. The number of carbonyl (C=O) groups is 1.